The summed E-state index contributed by atoms with van der Waals surface area (Å²) in [5.74, 6) is -0.311. The van der Waals surface area contributed by atoms with Crippen LogP contribution in [0.1, 0.15) is 34.0 Å². The molecule has 1 N–H and O–H groups in total. The van der Waals surface area contributed by atoms with Gasteiger partial charge in [0.1, 0.15) is 0 Å². The summed E-state index contributed by atoms with van der Waals surface area (Å²) in [5.41, 5.74) is 5.63. The average molecular weight is 396 g/mol. The molecule has 1 aliphatic rings. The molecule has 0 aromatic heterocycles. The lowest BCUT2D eigenvalue weighted by Crippen LogP contribution is -2.50. The zero-order valence-corrected chi connectivity index (χ0v) is 17.6. The minimum absolute atomic E-state index is 0.0848. The average Bonchev–Trinajstić information content (AvgIpc) is 2.71. The number of nitrogens with one attached hydrogen (secondary N) is 1. The number of amides is 2. The Labute approximate surface area is 172 Å². The lowest BCUT2D eigenvalue weighted by atomic mass is 10.1. The zero-order chi connectivity index (χ0) is 21.0. The highest BCUT2D eigenvalue weighted by molar-refractivity contribution is 5.96. The van der Waals surface area contributed by atoms with E-state index in [0.717, 1.165) is 22.5 Å². The minimum Gasteiger partial charge on any atom is -0.462 e. The van der Waals surface area contributed by atoms with Gasteiger partial charge in [-0.1, -0.05) is 29.8 Å². The Hall–Kier alpha value is -3.02. The SMILES string of the molecule is CCOC(=O)c1ccccc1N1CCN(C(=O)Nc2c(C)cc(C)cc2C)CC1. The van der Waals surface area contributed by atoms with E-state index < -0.39 is 0 Å². The highest BCUT2D eigenvalue weighted by Gasteiger charge is 2.25. The number of piperazine rings is 1. The van der Waals surface area contributed by atoms with Crippen molar-refractivity contribution in [2.45, 2.75) is 27.7 Å². The van der Waals surface area contributed by atoms with Crippen molar-refractivity contribution in [3.05, 3.63) is 58.7 Å². The number of hydrogen-bond donors (Lipinski definition) is 1. The number of hydrogen-bond acceptors (Lipinski definition) is 4. The second-order valence-electron chi connectivity index (χ2n) is 7.42. The van der Waals surface area contributed by atoms with Crippen LogP contribution < -0.4 is 10.2 Å². The molecule has 0 atom stereocenters. The van der Waals surface area contributed by atoms with E-state index >= 15 is 0 Å². The maximum atomic E-state index is 12.8. The van der Waals surface area contributed by atoms with Crippen LogP contribution in [-0.4, -0.2) is 49.7 Å². The molecule has 0 saturated carbocycles. The third-order valence-corrected chi connectivity index (χ3v) is 5.22. The van der Waals surface area contributed by atoms with Crippen molar-refractivity contribution >= 4 is 23.4 Å². The smallest absolute Gasteiger partial charge is 0.340 e. The van der Waals surface area contributed by atoms with Gasteiger partial charge < -0.3 is 19.9 Å². The largest absolute Gasteiger partial charge is 0.462 e. The number of nitrogens with zero attached hydrogens (tertiary/aromatic N) is 2. The van der Waals surface area contributed by atoms with Crippen LogP contribution in [0.2, 0.25) is 0 Å². The van der Waals surface area contributed by atoms with E-state index in [0.29, 0.717) is 38.3 Å². The monoisotopic (exact) mass is 395 g/mol. The summed E-state index contributed by atoms with van der Waals surface area (Å²) in [7, 11) is 0. The number of benzene rings is 2. The van der Waals surface area contributed by atoms with Crippen LogP contribution in [0, 0.1) is 20.8 Å². The molecule has 6 nitrogen and oxygen atoms in total. The Morgan fingerprint density at radius 1 is 1.00 bits per heavy atom. The number of carbonyl (C=O) groups excluding carboxylic acids is 2. The fourth-order valence-electron chi connectivity index (χ4n) is 3.84. The van der Waals surface area contributed by atoms with Gasteiger partial charge in [0.25, 0.3) is 0 Å². The Kier molecular flexibility index (Phi) is 6.42. The van der Waals surface area contributed by atoms with Crippen molar-refractivity contribution < 1.29 is 14.3 Å². The fourth-order valence-corrected chi connectivity index (χ4v) is 3.84. The third kappa shape index (κ3) is 4.70. The predicted molar refractivity (Wildman–Crippen MR) is 116 cm³/mol. The number of aryl methyl sites for hydroxylation is 3. The summed E-state index contributed by atoms with van der Waals surface area (Å²) in [4.78, 5) is 29.0. The summed E-state index contributed by atoms with van der Waals surface area (Å²) < 4.78 is 5.18. The predicted octanol–water partition coefficient (Wildman–Crippen LogP) is 4.14. The van der Waals surface area contributed by atoms with Crippen molar-refractivity contribution in [3.63, 3.8) is 0 Å². The van der Waals surface area contributed by atoms with E-state index in [1.54, 1.807) is 13.0 Å². The first-order valence-corrected chi connectivity index (χ1v) is 10.1. The van der Waals surface area contributed by atoms with Gasteiger partial charge in [-0.25, -0.2) is 9.59 Å². The molecule has 29 heavy (non-hydrogen) atoms. The van der Waals surface area contributed by atoms with Crippen molar-refractivity contribution in [1.29, 1.82) is 0 Å². The Morgan fingerprint density at radius 2 is 1.62 bits per heavy atom. The van der Waals surface area contributed by atoms with Crippen LogP contribution in [0.15, 0.2) is 36.4 Å². The van der Waals surface area contributed by atoms with Crippen molar-refractivity contribution in [2.24, 2.45) is 0 Å². The van der Waals surface area contributed by atoms with E-state index in [-0.39, 0.29) is 12.0 Å². The van der Waals surface area contributed by atoms with E-state index in [1.165, 1.54) is 5.56 Å². The second-order valence-corrected chi connectivity index (χ2v) is 7.42. The first-order chi connectivity index (χ1) is 13.9. The molecule has 6 heteroatoms. The Bertz CT molecular complexity index is 879. The number of rotatable bonds is 4. The van der Waals surface area contributed by atoms with Crippen LogP contribution in [0.4, 0.5) is 16.2 Å². The van der Waals surface area contributed by atoms with Gasteiger partial charge in [-0.15, -0.1) is 0 Å². The molecule has 1 fully saturated rings. The molecule has 0 spiro atoms. The quantitative estimate of drug-likeness (QED) is 0.791. The molecule has 0 bridgehead atoms. The lowest BCUT2D eigenvalue weighted by molar-refractivity contribution is 0.0527. The summed E-state index contributed by atoms with van der Waals surface area (Å²) in [6.07, 6.45) is 0. The zero-order valence-electron chi connectivity index (χ0n) is 17.6. The van der Waals surface area contributed by atoms with Crippen LogP contribution in [0.5, 0.6) is 0 Å². The van der Waals surface area contributed by atoms with Crippen LogP contribution in [0.25, 0.3) is 0 Å². The number of urea groups is 1. The molecule has 0 radical (unpaired) electrons. The number of anilines is 2. The number of carbonyl (C=O) groups is 2. The van der Waals surface area contributed by atoms with E-state index in [2.05, 4.69) is 29.3 Å². The molecule has 2 amide bonds. The number of para-hydroxylation sites is 1. The normalized spacial score (nSPS) is 13.9. The number of esters is 1. The Balaban J connectivity index is 1.66. The van der Waals surface area contributed by atoms with E-state index in [4.69, 9.17) is 4.74 Å². The Morgan fingerprint density at radius 3 is 2.24 bits per heavy atom. The van der Waals surface area contributed by atoms with Gasteiger partial charge in [0.15, 0.2) is 0 Å². The highest BCUT2D eigenvalue weighted by Crippen LogP contribution is 2.25. The molecule has 0 aliphatic carbocycles. The molecule has 3 rings (SSSR count). The van der Waals surface area contributed by atoms with Gasteiger partial charge in [0, 0.05) is 31.9 Å². The van der Waals surface area contributed by atoms with Gasteiger partial charge in [0.2, 0.25) is 0 Å². The van der Waals surface area contributed by atoms with Crippen LogP contribution >= 0.6 is 0 Å². The van der Waals surface area contributed by atoms with Gasteiger partial charge in [0.05, 0.1) is 17.9 Å². The molecular formula is C23H29N3O3. The highest BCUT2D eigenvalue weighted by atomic mass is 16.5. The molecule has 1 saturated heterocycles. The van der Waals surface area contributed by atoms with Gasteiger partial charge in [-0.2, -0.15) is 0 Å². The molecule has 154 valence electrons. The van der Waals surface area contributed by atoms with Crippen molar-refractivity contribution in [3.8, 4) is 0 Å². The van der Waals surface area contributed by atoms with Crippen molar-refractivity contribution in [1.82, 2.24) is 4.90 Å². The summed E-state index contributed by atoms with van der Waals surface area (Å²) in [6.45, 7) is 10.7. The standard InChI is InChI=1S/C23H29N3O3/c1-5-29-22(27)19-8-6-7-9-20(19)25-10-12-26(13-11-25)23(28)24-21-17(3)14-16(2)15-18(21)4/h6-9,14-15H,5,10-13H2,1-4H3,(H,24,28). The molecular weight excluding hydrogens is 366 g/mol. The second kappa shape index (κ2) is 8.99. The first kappa shape index (κ1) is 20.7. The van der Waals surface area contributed by atoms with Crippen LogP contribution in [0.3, 0.4) is 0 Å². The minimum atomic E-state index is -0.311. The van der Waals surface area contributed by atoms with Gasteiger partial charge in [-0.3, -0.25) is 0 Å². The van der Waals surface area contributed by atoms with Crippen LogP contribution in [-0.2, 0) is 4.74 Å². The summed E-state index contributed by atoms with van der Waals surface area (Å²) in [6, 6.07) is 11.5. The van der Waals surface area contributed by atoms with Gasteiger partial charge in [-0.05, 0) is 51.0 Å². The molecule has 0 unspecified atom stereocenters. The fraction of sp³-hybridized carbons (Fsp3) is 0.391. The lowest BCUT2D eigenvalue weighted by Gasteiger charge is -2.36. The van der Waals surface area contributed by atoms with E-state index in [9.17, 15) is 9.59 Å². The molecule has 2 aromatic carbocycles. The summed E-state index contributed by atoms with van der Waals surface area (Å²) >= 11 is 0. The topological polar surface area (TPSA) is 61.9 Å². The number of ether oxygens (including phenoxy) is 1. The summed E-state index contributed by atoms with van der Waals surface area (Å²) in [5, 5.41) is 3.07. The maximum Gasteiger partial charge on any atom is 0.340 e. The first-order valence-electron chi connectivity index (χ1n) is 10.1. The van der Waals surface area contributed by atoms with E-state index in [1.807, 2.05) is 36.9 Å². The maximum absolute atomic E-state index is 12.8. The molecule has 1 heterocycles. The van der Waals surface area contributed by atoms with Crippen molar-refractivity contribution in [2.75, 3.05) is 43.0 Å². The molecule has 2 aromatic rings. The third-order valence-electron chi connectivity index (χ3n) is 5.22. The molecule has 1 aliphatic heterocycles. The van der Waals surface area contributed by atoms with Gasteiger partial charge >= 0.3 is 12.0 Å².